The monoisotopic (exact) mass is 515 g/mol. The molecule has 0 unspecified atom stereocenters. The molecule has 1 saturated heterocycles. The fraction of sp³-hybridized carbons (Fsp3) is 0.143. The van der Waals surface area contributed by atoms with Gasteiger partial charge in [-0.25, -0.2) is 14.5 Å². The first-order chi connectivity index (χ1) is 18.2. The Hall–Kier alpha value is -5.12. The highest BCUT2D eigenvalue weighted by Crippen LogP contribution is 2.30. The maximum Gasteiger partial charge on any atom is 0.335 e. The SMILES string of the molecule is COc1cc(/C=C2\NC(=O)N(CC(=O)Nc3ccccc3C)C2=O)ccc1OCc1ccc(C(=O)O)cc1. The number of anilines is 1. The Morgan fingerprint density at radius 3 is 2.45 bits per heavy atom. The number of amides is 4. The van der Waals surface area contributed by atoms with E-state index in [-0.39, 0.29) is 17.9 Å². The summed E-state index contributed by atoms with van der Waals surface area (Å²) < 4.78 is 11.2. The number of hydrogen-bond donors (Lipinski definition) is 3. The van der Waals surface area contributed by atoms with Crippen molar-refractivity contribution >= 4 is 35.6 Å². The summed E-state index contributed by atoms with van der Waals surface area (Å²) in [5, 5.41) is 14.2. The average molecular weight is 516 g/mol. The molecule has 0 aromatic heterocycles. The van der Waals surface area contributed by atoms with Crippen molar-refractivity contribution in [2.75, 3.05) is 19.0 Å². The highest BCUT2D eigenvalue weighted by molar-refractivity contribution is 6.16. The van der Waals surface area contributed by atoms with Gasteiger partial charge in [0.25, 0.3) is 5.91 Å². The van der Waals surface area contributed by atoms with Crippen molar-refractivity contribution in [3.05, 3.63) is 94.7 Å². The van der Waals surface area contributed by atoms with Crippen LogP contribution < -0.4 is 20.1 Å². The second-order valence-corrected chi connectivity index (χ2v) is 8.44. The van der Waals surface area contributed by atoms with Crippen LogP contribution in [0.25, 0.3) is 6.08 Å². The van der Waals surface area contributed by atoms with E-state index in [9.17, 15) is 19.2 Å². The number of hydrogen-bond acceptors (Lipinski definition) is 6. The van der Waals surface area contributed by atoms with Gasteiger partial charge in [-0.05, 0) is 60.0 Å². The molecule has 1 aliphatic heterocycles. The minimum Gasteiger partial charge on any atom is -0.493 e. The molecule has 1 aliphatic rings. The van der Waals surface area contributed by atoms with E-state index in [1.54, 1.807) is 42.5 Å². The lowest BCUT2D eigenvalue weighted by atomic mass is 10.1. The van der Waals surface area contributed by atoms with E-state index in [0.29, 0.717) is 22.7 Å². The number of imide groups is 1. The first-order valence-corrected chi connectivity index (χ1v) is 11.6. The second-order valence-electron chi connectivity index (χ2n) is 8.44. The van der Waals surface area contributed by atoms with Gasteiger partial charge in [0, 0.05) is 5.69 Å². The molecular weight excluding hydrogens is 490 g/mol. The lowest BCUT2D eigenvalue weighted by molar-refractivity contribution is -0.127. The van der Waals surface area contributed by atoms with Crippen molar-refractivity contribution in [1.29, 1.82) is 0 Å². The van der Waals surface area contributed by atoms with Crippen LogP contribution in [-0.4, -0.2) is 47.5 Å². The molecule has 3 N–H and O–H groups in total. The summed E-state index contributed by atoms with van der Waals surface area (Å²) >= 11 is 0. The van der Waals surface area contributed by atoms with Crippen molar-refractivity contribution in [1.82, 2.24) is 10.2 Å². The molecule has 0 bridgehead atoms. The van der Waals surface area contributed by atoms with Gasteiger partial charge in [0.1, 0.15) is 18.8 Å². The van der Waals surface area contributed by atoms with Crippen molar-refractivity contribution < 1.29 is 33.8 Å². The van der Waals surface area contributed by atoms with E-state index >= 15 is 0 Å². The van der Waals surface area contributed by atoms with Gasteiger partial charge in [-0.15, -0.1) is 0 Å². The topological polar surface area (TPSA) is 134 Å². The van der Waals surface area contributed by atoms with Crippen LogP contribution >= 0.6 is 0 Å². The zero-order valence-electron chi connectivity index (χ0n) is 20.7. The molecule has 0 atom stereocenters. The van der Waals surface area contributed by atoms with Crippen LogP contribution in [0.3, 0.4) is 0 Å². The third kappa shape index (κ3) is 5.98. The predicted octanol–water partition coefficient (Wildman–Crippen LogP) is 3.81. The normalized spacial score (nSPS) is 13.8. The smallest absolute Gasteiger partial charge is 0.335 e. The van der Waals surface area contributed by atoms with Crippen molar-refractivity contribution in [2.24, 2.45) is 0 Å². The summed E-state index contributed by atoms with van der Waals surface area (Å²) in [6.07, 6.45) is 1.48. The number of aryl methyl sites for hydroxylation is 1. The molecule has 0 spiro atoms. The maximum absolute atomic E-state index is 12.8. The number of nitrogens with one attached hydrogen (secondary N) is 2. The largest absolute Gasteiger partial charge is 0.493 e. The van der Waals surface area contributed by atoms with Gasteiger partial charge in [-0.3, -0.25) is 9.59 Å². The van der Waals surface area contributed by atoms with Gasteiger partial charge in [0.05, 0.1) is 12.7 Å². The molecule has 38 heavy (non-hydrogen) atoms. The maximum atomic E-state index is 12.8. The first kappa shape index (κ1) is 26.0. The van der Waals surface area contributed by atoms with Gasteiger partial charge in [-0.2, -0.15) is 0 Å². The molecule has 10 heteroatoms. The summed E-state index contributed by atoms with van der Waals surface area (Å²) in [7, 11) is 1.47. The third-order valence-electron chi connectivity index (χ3n) is 5.78. The van der Waals surface area contributed by atoms with Crippen LogP contribution in [0.5, 0.6) is 11.5 Å². The molecule has 4 rings (SSSR count). The summed E-state index contributed by atoms with van der Waals surface area (Å²) in [4.78, 5) is 49.5. The second kappa shape index (κ2) is 11.3. The standard InChI is InChI=1S/C28H25N3O7/c1-17-5-3-4-6-21(17)29-25(32)15-31-26(33)22(30-28(31)36)13-19-9-12-23(24(14-19)37-2)38-16-18-7-10-20(11-8-18)27(34)35/h3-14H,15-16H2,1-2H3,(H,29,32)(H,30,36)(H,34,35)/b22-13-. The zero-order valence-corrected chi connectivity index (χ0v) is 20.7. The first-order valence-electron chi connectivity index (χ1n) is 11.6. The number of para-hydroxylation sites is 1. The van der Waals surface area contributed by atoms with Gasteiger partial charge >= 0.3 is 12.0 Å². The van der Waals surface area contributed by atoms with Gasteiger partial charge in [-0.1, -0.05) is 36.4 Å². The number of methoxy groups -OCH3 is 1. The number of aromatic carboxylic acids is 1. The van der Waals surface area contributed by atoms with E-state index in [4.69, 9.17) is 14.6 Å². The van der Waals surface area contributed by atoms with E-state index in [1.165, 1.54) is 25.3 Å². The molecule has 194 valence electrons. The number of carboxylic acids is 1. The van der Waals surface area contributed by atoms with Crippen LogP contribution in [0.1, 0.15) is 27.0 Å². The summed E-state index contributed by atoms with van der Waals surface area (Å²) in [5.41, 5.74) is 3.00. The van der Waals surface area contributed by atoms with Crippen LogP contribution in [0.4, 0.5) is 10.5 Å². The summed E-state index contributed by atoms with van der Waals surface area (Å²) in [5.74, 6) is -1.29. The van der Waals surface area contributed by atoms with Crippen molar-refractivity contribution in [3.63, 3.8) is 0 Å². The van der Waals surface area contributed by atoms with Crippen LogP contribution in [0.15, 0.2) is 72.4 Å². The fourth-order valence-electron chi connectivity index (χ4n) is 3.73. The minimum absolute atomic E-state index is 0.0212. The Morgan fingerprint density at radius 2 is 1.76 bits per heavy atom. The lowest BCUT2D eigenvalue weighted by Gasteiger charge is -2.13. The van der Waals surface area contributed by atoms with Crippen molar-refractivity contribution in [3.8, 4) is 11.5 Å². The molecule has 10 nitrogen and oxygen atoms in total. The lowest BCUT2D eigenvalue weighted by Crippen LogP contribution is -2.38. The van der Waals surface area contributed by atoms with Gasteiger partial charge in [0.2, 0.25) is 5.91 Å². The Balaban J connectivity index is 1.42. The van der Waals surface area contributed by atoms with E-state index in [2.05, 4.69) is 10.6 Å². The molecule has 0 saturated carbocycles. The molecule has 3 aromatic rings. The van der Waals surface area contributed by atoms with E-state index in [0.717, 1.165) is 16.0 Å². The van der Waals surface area contributed by atoms with Gasteiger partial charge < -0.3 is 25.2 Å². The van der Waals surface area contributed by atoms with Crippen LogP contribution in [0.2, 0.25) is 0 Å². The quantitative estimate of drug-likeness (QED) is 0.291. The molecule has 3 aromatic carbocycles. The highest BCUT2D eigenvalue weighted by atomic mass is 16.5. The van der Waals surface area contributed by atoms with E-state index in [1.807, 2.05) is 19.1 Å². The van der Waals surface area contributed by atoms with Gasteiger partial charge in [0.15, 0.2) is 11.5 Å². The van der Waals surface area contributed by atoms with E-state index < -0.39 is 30.4 Å². The molecule has 0 aliphatic carbocycles. The molecule has 1 fully saturated rings. The van der Waals surface area contributed by atoms with Crippen LogP contribution in [0, 0.1) is 6.92 Å². The zero-order chi connectivity index (χ0) is 27.2. The Morgan fingerprint density at radius 1 is 1.03 bits per heavy atom. The number of carbonyl (C=O) groups excluding carboxylic acids is 3. The third-order valence-corrected chi connectivity index (χ3v) is 5.78. The molecule has 1 heterocycles. The number of rotatable bonds is 9. The molecular formula is C28H25N3O7. The molecule has 4 amide bonds. The number of benzene rings is 3. The Labute approximate surface area is 218 Å². The Kier molecular flexibility index (Phi) is 7.72. The minimum atomic E-state index is -1.01. The fourth-order valence-corrected chi connectivity index (χ4v) is 3.73. The van der Waals surface area contributed by atoms with Crippen LogP contribution in [-0.2, 0) is 16.2 Å². The predicted molar refractivity (Wildman–Crippen MR) is 139 cm³/mol. The molecule has 0 radical (unpaired) electrons. The average Bonchev–Trinajstić information content (AvgIpc) is 3.16. The number of nitrogens with zero attached hydrogens (tertiary/aromatic N) is 1. The van der Waals surface area contributed by atoms with Crippen molar-refractivity contribution in [2.45, 2.75) is 13.5 Å². The highest BCUT2D eigenvalue weighted by Gasteiger charge is 2.35. The number of carboxylic acid groups (broad SMARTS) is 1. The number of ether oxygens (including phenoxy) is 2. The summed E-state index contributed by atoms with van der Waals surface area (Å²) in [6.45, 7) is 1.60. The number of carbonyl (C=O) groups is 4. The number of urea groups is 1. The Bertz CT molecular complexity index is 1430. The summed E-state index contributed by atoms with van der Waals surface area (Å²) in [6, 6.07) is 17.8.